The predicted molar refractivity (Wildman–Crippen MR) is 75.2 cm³/mol. The minimum absolute atomic E-state index is 0.0378. The van der Waals surface area contributed by atoms with Crippen molar-refractivity contribution in [3.63, 3.8) is 0 Å². The first-order valence-corrected chi connectivity index (χ1v) is 6.74. The number of hydrogen-bond acceptors (Lipinski definition) is 4. The SMILES string of the molecule is CCOC(=O)CCC(=O)CN(CC)c1ccc(F)cc1. The quantitative estimate of drug-likeness (QED) is 0.687. The van der Waals surface area contributed by atoms with Gasteiger partial charge in [-0.2, -0.15) is 0 Å². The molecule has 0 aliphatic rings. The maximum Gasteiger partial charge on any atom is 0.306 e. The molecule has 0 aliphatic heterocycles. The Morgan fingerprint density at radius 3 is 2.35 bits per heavy atom. The van der Waals surface area contributed by atoms with Gasteiger partial charge in [-0.3, -0.25) is 9.59 Å². The van der Waals surface area contributed by atoms with Crippen molar-refractivity contribution in [1.29, 1.82) is 0 Å². The van der Waals surface area contributed by atoms with E-state index in [4.69, 9.17) is 4.74 Å². The summed E-state index contributed by atoms with van der Waals surface area (Å²) < 4.78 is 17.6. The number of anilines is 1. The fourth-order valence-corrected chi connectivity index (χ4v) is 1.80. The second-order valence-corrected chi connectivity index (χ2v) is 4.33. The number of ether oxygens (including phenoxy) is 1. The molecular formula is C15H20FNO3. The minimum atomic E-state index is -0.356. The van der Waals surface area contributed by atoms with Gasteiger partial charge in [0.05, 0.1) is 19.6 Å². The third-order valence-electron chi connectivity index (χ3n) is 2.85. The highest BCUT2D eigenvalue weighted by Gasteiger charge is 2.12. The van der Waals surface area contributed by atoms with Crippen LogP contribution in [0.5, 0.6) is 0 Å². The standard InChI is InChI=1S/C15H20FNO3/c1-3-17(13-7-5-12(16)6-8-13)11-14(18)9-10-15(19)20-4-2/h5-8H,3-4,9-11H2,1-2H3. The van der Waals surface area contributed by atoms with Gasteiger partial charge in [-0.15, -0.1) is 0 Å². The number of Topliss-reactive ketones (excluding diaryl/α,β-unsaturated/α-hetero) is 1. The van der Waals surface area contributed by atoms with Gasteiger partial charge in [-0.05, 0) is 38.1 Å². The fourth-order valence-electron chi connectivity index (χ4n) is 1.80. The highest BCUT2D eigenvalue weighted by atomic mass is 19.1. The molecule has 4 nitrogen and oxygen atoms in total. The lowest BCUT2D eigenvalue weighted by molar-refractivity contribution is -0.144. The summed E-state index contributed by atoms with van der Waals surface area (Å²) in [7, 11) is 0. The summed E-state index contributed by atoms with van der Waals surface area (Å²) in [6, 6.07) is 6.00. The number of nitrogens with zero attached hydrogens (tertiary/aromatic N) is 1. The van der Waals surface area contributed by atoms with Crippen molar-refractivity contribution in [3.05, 3.63) is 30.1 Å². The van der Waals surface area contributed by atoms with Crippen LogP contribution < -0.4 is 4.90 Å². The lowest BCUT2D eigenvalue weighted by Crippen LogP contribution is -2.29. The van der Waals surface area contributed by atoms with E-state index >= 15 is 0 Å². The summed E-state index contributed by atoms with van der Waals surface area (Å²) >= 11 is 0. The van der Waals surface area contributed by atoms with Gasteiger partial charge >= 0.3 is 5.97 Å². The van der Waals surface area contributed by atoms with Gasteiger partial charge < -0.3 is 9.64 Å². The number of likely N-dealkylation sites (N-methyl/N-ethyl adjacent to an activating group) is 1. The molecule has 0 amide bonds. The van der Waals surface area contributed by atoms with Crippen LogP contribution in [0.2, 0.25) is 0 Å². The zero-order valence-electron chi connectivity index (χ0n) is 11.9. The molecule has 1 aromatic rings. The smallest absolute Gasteiger partial charge is 0.306 e. The van der Waals surface area contributed by atoms with Crippen molar-refractivity contribution in [3.8, 4) is 0 Å². The predicted octanol–water partition coefficient (Wildman–Crippen LogP) is 2.56. The maximum atomic E-state index is 12.9. The molecule has 0 spiro atoms. The minimum Gasteiger partial charge on any atom is -0.466 e. The van der Waals surface area contributed by atoms with Gasteiger partial charge in [0.15, 0.2) is 5.78 Å². The molecule has 0 saturated carbocycles. The van der Waals surface area contributed by atoms with E-state index in [2.05, 4.69) is 0 Å². The number of rotatable bonds is 8. The Kier molecular flexibility index (Phi) is 6.70. The summed E-state index contributed by atoms with van der Waals surface area (Å²) in [6.07, 6.45) is 0.268. The van der Waals surface area contributed by atoms with Crippen LogP contribution in [0, 0.1) is 5.82 Å². The lowest BCUT2D eigenvalue weighted by atomic mass is 10.2. The molecule has 110 valence electrons. The molecule has 0 unspecified atom stereocenters. The van der Waals surface area contributed by atoms with Gasteiger partial charge in [-0.1, -0.05) is 0 Å². The summed E-state index contributed by atoms with van der Waals surface area (Å²) in [5, 5.41) is 0. The lowest BCUT2D eigenvalue weighted by Gasteiger charge is -2.22. The number of ketones is 1. The summed E-state index contributed by atoms with van der Waals surface area (Å²) in [5.41, 5.74) is 0.790. The molecule has 20 heavy (non-hydrogen) atoms. The van der Waals surface area contributed by atoms with Crippen LogP contribution in [0.3, 0.4) is 0 Å². The second kappa shape index (κ2) is 8.30. The van der Waals surface area contributed by atoms with Gasteiger partial charge in [-0.25, -0.2) is 4.39 Å². The second-order valence-electron chi connectivity index (χ2n) is 4.33. The van der Waals surface area contributed by atoms with Crippen LogP contribution in [-0.2, 0) is 14.3 Å². The van der Waals surface area contributed by atoms with E-state index in [1.54, 1.807) is 19.1 Å². The molecule has 1 rings (SSSR count). The maximum absolute atomic E-state index is 12.9. The van der Waals surface area contributed by atoms with E-state index in [1.165, 1.54) is 12.1 Å². The van der Waals surface area contributed by atoms with E-state index in [9.17, 15) is 14.0 Å². The normalized spacial score (nSPS) is 10.2. The molecule has 0 bridgehead atoms. The molecule has 0 aliphatic carbocycles. The Balaban J connectivity index is 2.49. The van der Waals surface area contributed by atoms with Gasteiger partial charge in [0, 0.05) is 18.7 Å². The van der Waals surface area contributed by atoms with E-state index < -0.39 is 0 Å². The first kappa shape index (κ1) is 16.1. The van der Waals surface area contributed by atoms with Crippen LogP contribution in [0.25, 0.3) is 0 Å². The first-order valence-electron chi connectivity index (χ1n) is 6.74. The third-order valence-corrected chi connectivity index (χ3v) is 2.85. The van der Waals surface area contributed by atoms with Crippen LogP contribution in [0.1, 0.15) is 26.7 Å². The van der Waals surface area contributed by atoms with Gasteiger partial charge in [0.1, 0.15) is 5.82 Å². The van der Waals surface area contributed by atoms with Crippen LogP contribution in [0.15, 0.2) is 24.3 Å². The molecule has 0 atom stereocenters. The zero-order chi connectivity index (χ0) is 15.0. The van der Waals surface area contributed by atoms with Crippen molar-refractivity contribution >= 4 is 17.4 Å². The number of benzene rings is 1. The van der Waals surface area contributed by atoms with Crippen molar-refractivity contribution in [2.45, 2.75) is 26.7 Å². The number of hydrogen-bond donors (Lipinski definition) is 0. The molecule has 0 aromatic heterocycles. The summed E-state index contributed by atoms with van der Waals surface area (Å²) in [6.45, 7) is 4.82. The Bertz CT molecular complexity index is 445. The molecule has 5 heteroatoms. The Morgan fingerprint density at radius 2 is 1.80 bits per heavy atom. The van der Waals surface area contributed by atoms with E-state index in [-0.39, 0.29) is 37.0 Å². The van der Waals surface area contributed by atoms with Crippen molar-refractivity contribution < 1.29 is 18.7 Å². The number of carbonyl (C=O) groups excluding carboxylic acids is 2. The highest BCUT2D eigenvalue weighted by molar-refractivity contribution is 5.86. The Morgan fingerprint density at radius 1 is 1.15 bits per heavy atom. The van der Waals surface area contributed by atoms with E-state index in [0.717, 1.165) is 5.69 Å². The largest absolute Gasteiger partial charge is 0.466 e. The van der Waals surface area contributed by atoms with Crippen LogP contribution in [0.4, 0.5) is 10.1 Å². The fraction of sp³-hybridized carbons (Fsp3) is 0.467. The van der Waals surface area contributed by atoms with Crippen molar-refractivity contribution in [2.75, 3.05) is 24.6 Å². The zero-order valence-corrected chi connectivity index (χ0v) is 11.9. The Labute approximate surface area is 118 Å². The molecular weight excluding hydrogens is 261 g/mol. The molecule has 0 radical (unpaired) electrons. The van der Waals surface area contributed by atoms with Crippen molar-refractivity contribution in [2.24, 2.45) is 0 Å². The molecule has 0 saturated heterocycles. The topological polar surface area (TPSA) is 46.6 Å². The first-order chi connectivity index (χ1) is 9.56. The average molecular weight is 281 g/mol. The summed E-state index contributed by atoms with van der Waals surface area (Å²) in [4.78, 5) is 24.9. The molecule has 1 aromatic carbocycles. The Hall–Kier alpha value is -1.91. The van der Waals surface area contributed by atoms with E-state index in [0.29, 0.717) is 13.2 Å². The average Bonchev–Trinajstić information content (AvgIpc) is 2.44. The number of carbonyl (C=O) groups is 2. The van der Waals surface area contributed by atoms with Gasteiger partial charge in [0.2, 0.25) is 0 Å². The molecule has 0 N–H and O–H groups in total. The van der Waals surface area contributed by atoms with Gasteiger partial charge in [0.25, 0.3) is 0 Å². The third kappa shape index (κ3) is 5.38. The molecule has 0 fully saturated rings. The number of halogens is 1. The molecule has 0 heterocycles. The van der Waals surface area contributed by atoms with Crippen LogP contribution in [-0.4, -0.2) is 31.4 Å². The van der Waals surface area contributed by atoms with Crippen molar-refractivity contribution in [1.82, 2.24) is 0 Å². The number of esters is 1. The van der Waals surface area contributed by atoms with E-state index in [1.807, 2.05) is 11.8 Å². The summed E-state index contributed by atoms with van der Waals surface area (Å²) in [5.74, 6) is -0.701. The van der Waals surface area contributed by atoms with Crippen LogP contribution >= 0.6 is 0 Å². The highest BCUT2D eigenvalue weighted by Crippen LogP contribution is 2.14. The monoisotopic (exact) mass is 281 g/mol.